The third-order valence-corrected chi connectivity index (χ3v) is 3.46. The third-order valence-electron chi connectivity index (χ3n) is 3.46. The molecule has 0 aromatic heterocycles. The van der Waals surface area contributed by atoms with Crippen LogP contribution >= 0.6 is 0 Å². The Morgan fingerprint density at radius 1 is 1.00 bits per heavy atom. The van der Waals surface area contributed by atoms with Crippen molar-refractivity contribution in [2.75, 3.05) is 14.2 Å². The van der Waals surface area contributed by atoms with Gasteiger partial charge in [0.25, 0.3) is 0 Å². The van der Waals surface area contributed by atoms with E-state index in [-0.39, 0.29) is 24.2 Å². The topological polar surface area (TPSA) is 86.4 Å². The first kappa shape index (κ1) is 14.2. The van der Waals surface area contributed by atoms with E-state index in [1.165, 1.54) is 28.1 Å². The van der Waals surface area contributed by atoms with Gasteiger partial charge in [0.05, 0.1) is 6.04 Å². The first-order chi connectivity index (χ1) is 8.99. The molecule has 6 atom stereocenters. The molecule has 108 valence electrons. The van der Waals surface area contributed by atoms with Crippen LogP contribution in [0.2, 0.25) is 0 Å². The fourth-order valence-corrected chi connectivity index (χ4v) is 2.73. The van der Waals surface area contributed by atoms with Crippen LogP contribution in [0.5, 0.6) is 0 Å². The average Bonchev–Trinajstić information content (AvgIpc) is 3.10. The Balaban J connectivity index is 2.17. The second-order valence-corrected chi connectivity index (χ2v) is 4.77. The molecule has 1 amide bonds. The smallest absolute Gasteiger partial charge is 0.303 e. The molecule has 1 aliphatic heterocycles. The van der Waals surface area contributed by atoms with E-state index in [0.717, 1.165) is 0 Å². The van der Waals surface area contributed by atoms with E-state index in [1.807, 2.05) is 0 Å². The number of amides is 1. The molecule has 0 bridgehead atoms. The summed E-state index contributed by atoms with van der Waals surface area (Å²) in [5, 5.41) is 2.80. The lowest BCUT2D eigenvalue weighted by molar-refractivity contribution is -0.169. The molecule has 7 nitrogen and oxygen atoms in total. The summed E-state index contributed by atoms with van der Waals surface area (Å²) >= 11 is 0. The van der Waals surface area contributed by atoms with E-state index in [1.54, 1.807) is 0 Å². The minimum absolute atomic E-state index is 0.165. The summed E-state index contributed by atoms with van der Waals surface area (Å²) in [5.74, 6) is -0.559. The van der Waals surface area contributed by atoms with Crippen LogP contribution in [0.4, 0.5) is 0 Å². The molecule has 0 radical (unpaired) electrons. The van der Waals surface area contributed by atoms with E-state index in [2.05, 4.69) is 5.32 Å². The molecular formula is C12H19NO6. The highest BCUT2D eigenvalue weighted by Gasteiger charge is 2.63. The number of nitrogens with one attached hydrogen (secondary N) is 1. The van der Waals surface area contributed by atoms with E-state index in [4.69, 9.17) is 18.9 Å². The van der Waals surface area contributed by atoms with Crippen LogP contribution in [0.3, 0.4) is 0 Å². The Kier molecular flexibility index (Phi) is 4.07. The second-order valence-electron chi connectivity index (χ2n) is 4.77. The van der Waals surface area contributed by atoms with Gasteiger partial charge in [-0.1, -0.05) is 0 Å². The van der Waals surface area contributed by atoms with Gasteiger partial charge < -0.3 is 24.3 Å². The average molecular weight is 273 g/mol. The van der Waals surface area contributed by atoms with Crippen LogP contribution in [-0.2, 0) is 28.5 Å². The van der Waals surface area contributed by atoms with Crippen molar-refractivity contribution >= 4 is 11.9 Å². The Hall–Kier alpha value is -1.18. The van der Waals surface area contributed by atoms with Gasteiger partial charge in [-0.2, -0.15) is 0 Å². The fraction of sp³-hybridized carbons (Fsp3) is 0.833. The van der Waals surface area contributed by atoms with Crippen molar-refractivity contribution in [3.63, 3.8) is 0 Å². The summed E-state index contributed by atoms with van der Waals surface area (Å²) in [5.41, 5.74) is 0. The first-order valence-corrected chi connectivity index (χ1v) is 6.15. The number of carbonyl (C=O) groups is 2. The highest BCUT2D eigenvalue weighted by Crippen LogP contribution is 2.41. The lowest BCUT2D eigenvalue weighted by Crippen LogP contribution is -2.61. The van der Waals surface area contributed by atoms with Gasteiger partial charge in [0.1, 0.15) is 24.4 Å². The maximum atomic E-state index is 11.2. The zero-order valence-corrected chi connectivity index (χ0v) is 11.4. The van der Waals surface area contributed by atoms with Crippen molar-refractivity contribution < 1.29 is 28.5 Å². The molecule has 2 aliphatic rings. The molecule has 1 heterocycles. The van der Waals surface area contributed by atoms with E-state index in [0.29, 0.717) is 0 Å². The summed E-state index contributed by atoms with van der Waals surface area (Å²) in [4.78, 5) is 22.4. The summed E-state index contributed by atoms with van der Waals surface area (Å²) in [6.07, 6.45) is -1.87. The molecule has 0 spiro atoms. The van der Waals surface area contributed by atoms with Gasteiger partial charge in [0.2, 0.25) is 5.91 Å². The molecule has 7 heteroatoms. The molecule has 2 fully saturated rings. The van der Waals surface area contributed by atoms with Crippen molar-refractivity contribution in [3.05, 3.63) is 0 Å². The summed E-state index contributed by atoms with van der Waals surface area (Å²) in [6.45, 7) is 2.77. The largest absolute Gasteiger partial charge is 0.457 e. The van der Waals surface area contributed by atoms with Crippen LogP contribution in [-0.4, -0.2) is 62.7 Å². The lowest BCUT2D eigenvalue weighted by atomic mass is 9.87. The number of carbonyl (C=O) groups excluding carboxylic acids is 2. The lowest BCUT2D eigenvalue weighted by Gasteiger charge is -2.38. The van der Waals surface area contributed by atoms with E-state index < -0.39 is 24.3 Å². The Labute approximate surface area is 111 Å². The molecule has 1 aliphatic carbocycles. The number of esters is 1. The minimum atomic E-state index is -0.512. The summed E-state index contributed by atoms with van der Waals surface area (Å²) in [7, 11) is 3.04. The van der Waals surface area contributed by atoms with Crippen LogP contribution in [0, 0.1) is 0 Å². The van der Waals surface area contributed by atoms with Crippen molar-refractivity contribution in [2.45, 2.75) is 50.4 Å². The van der Waals surface area contributed by atoms with Gasteiger partial charge in [0, 0.05) is 28.1 Å². The number of methoxy groups -OCH3 is 2. The second kappa shape index (κ2) is 5.44. The molecule has 1 saturated heterocycles. The van der Waals surface area contributed by atoms with Gasteiger partial charge in [-0.25, -0.2) is 0 Å². The summed E-state index contributed by atoms with van der Waals surface area (Å²) < 4.78 is 21.6. The number of fused-ring (bicyclic) bond motifs is 1. The number of hydrogen-bond donors (Lipinski definition) is 1. The molecule has 19 heavy (non-hydrogen) atoms. The van der Waals surface area contributed by atoms with E-state index >= 15 is 0 Å². The third kappa shape index (κ3) is 2.72. The van der Waals surface area contributed by atoms with E-state index in [9.17, 15) is 9.59 Å². The van der Waals surface area contributed by atoms with Crippen molar-refractivity contribution in [1.82, 2.24) is 5.32 Å². The molecule has 6 unspecified atom stereocenters. The van der Waals surface area contributed by atoms with Crippen molar-refractivity contribution in [1.29, 1.82) is 0 Å². The van der Waals surface area contributed by atoms with Gasteiger partial charge in [-0.3, -0.25) is 9.59 Å². The Morgan fingerprint density at radius 3 is 2.11 bits per heavy atom. The molecule has 0 aromatic carbocycles. The fourth-order valence-electron chi connectivity index (χ4n) is 2.73. The van der Waals surface area contributed by atoms with Crippen molar-refractivity contribution in [2.24, 2.45) is 0 Å². The van der Waals surface area contributed by atoms with Gasteiger partial charge >= 0.3 is 5.97 Å². The molecule has 1 saturated carbocycles. The predicted octanol–water partition coefficient (Wildman–Crippen LogP) is -0.766. The SMILES string of the molecule is COC1C(NC(C)=O)C2OC2C(OC(C)=O)C1OC. The van der Waals surface area contributed by atoms with Gasteiger partial charge in [-0.05, 0) is 0 Å². The zero-order valence-electron chi connectivity index (χ0n) is 11.4. The number of epoxide rings is 1. The number of ether oxygens (including phenoxy) is 4. The molecule has 0 aromatic rings. The molecule has 2 rings (SSSR count). The number of rotatable bonds is 4. The van der Waals surface area contributed by atoms with Gasteiger partial charge in [0.15, 0.2) is 6.10 Å². The molecule has 1 N–H and O–H groups in total. The first-order valence-electron chi connectivity index (χ1n) is 6.15. The maximum absolute atomic E-state index is 11.2. The standard InChI is InChI=1S/C12H19NO6/c1-5(14)13-7-8(16-3)10(17-4)12(18-6(2)15)11-9(7)19-11/h7-12H,1-4H3,(H,13,14). The maximum Gasteiger partial charge on any atom is 0.303 e. The quantitative estimate of drug-likeness (QED) is 0.535. The van der Waals surface area contributed by atoms with Crippen LogP contribution in [0.25, 0.3) is 0 Å². The molecular weight excluding hydrogens is 254 g/mol. The highest BCUT2D eigenvalue weighted by atomic mass is 16.7. The van der Waals surface area contributed by atoms with Crippen LogP contribution < -0.4 is 5.32 Å². The van der Waals surface area contributed by atoms with Crippen LogP contribution in [0.15, 0.2) is 0 Å². The zero-order chi connectivity index (χ0) is 14.2. The van der Waals surface area contributed by atoms with Crippen molar-refractivity contribution in [3.8, 4) is 0 Å². The minimum Gasteiger partial charge on any atom is -0.457 e. The summed E-state index contributed by atoms with van der Waals surface area (Å²) in [6, 6.07) is -0.302. The van der Waals surface area contributed by atoms with Gasteiger partial charge in [-0.15, -0.1) is 0 Å². The Bertz CT molecular complexity index is 339. The van der Waals surface area contributed by atoms with Crippen LogP contribution in [0.1, 0.15) is 13.8 Å². The Morgan fingerprint density at radius 2 is 1.63 bits per heavy atom. The predicted molar refractivity (Wildman–Crippen MR) is 63.4 cm³/mol. The normalized spacial score (nSPS) is 40.2. The highest BCUT2D eigenvalue weighted by molar-refractivity contribution is 5.73. The number of hydrogen-bond acceptors (Lipinski definition) is 6. The monoisotopic (exact) mass is 273 g/mol.